The van der Waals surface area contributed by atoms with Crippen molar-refractivity contribution in [2.45, 2.75) is 38.3 Å². The zero-order chi connectivity index (χ0) is 17.3. The van der Waals surface area contributed by atoms with E-state index in [1.807, 2.05) is 0 Å². The largest absolute Gasteiger partial charge is 0.481 e. The smallest absolute Gasteiger partial charge is 0.416 e. The minimum absolute atomic E-state index is 0.0397. The summed E-state index contributed by atoms with van der Waals surface area (Å²) >= 11 is 5.81. The number of carboxylic acids is 1. The van der Waals surface area contributed by atoms with Crippen LogP contribution in [0.25, 0.3) is 0 Å². The fourth-order valence-corrected chi connectivity index (χ4v) is 2.98. The molecule has 4 nitrogen and oxygen atoms in total. The van der Waals surface area contributed by atoms with Gasteiger partial charge in [-0.25, -0.2) is 0 Å². The summed E-state index contributed by atoms with van der Waals surface area (Å²) in [6.07, 6.45) is -2.65. The number of anilines is 1. The number of alkyl halides is 3. The van der Waals surface area contributed by atoms with E-state index in [-0.39, 0.29) is 17.1 Å². The van der Waals surface area contributed by atoms with E-state index in [4.69, 9.17) is 11.6 Å². The molecule has 1 saturated carbocycles. The lowest BCUT2D eigenvalue weighted by molar-refractivity contribution is -0.150. The second-order valence-corrected chi connectivity index (χ2v) is 6.12. The molecule has 0 heterocycles. The van der Waals surface area contributed by atoms with Crippen LogP contribution in [0.3, 0.4) is 0 Å². The molecule has 0 bridgehead atoms. The Morgan fingerprint density at radius 3 is 2.39 bits per heavy atom. The summed E-state index contributed by atoms with van der Waals surface area (Å²) in [5, 5.41) is 11.6. The maximum atomic E-state index is 12.7. The van der Waals surface area contributed by atoms with Crippen molar-refractivity contribution in [3.63, 3.8) is 0 Å². The van der Waals surface area contributed by atoms with Crippen molar-refractivity contribution in [1.29, 1.82) is 0 Å². The Kier molecular flexibility index (Phi) is 4.89. The van der Waals surface area contributed by atoms with Crippen molar-refractivity contribution in [2.75, 3.05) is 5.32 Å². The third kappa shape index (κ3) is 3.96. The Hall–Kier alpha value is -1.76. The van der Waals surface area contributed by atoms with Gasteiger partial charge in [-0.1, -0.05) is 24.4 Å². The third-order valence-corrected chi connectivity index (χ3v) is 4.41. The zero-order valence-electron chi connectivity index (χ0n) is 12.0. The number of rotatable bonds is 4. The van der Waals surface area contributed by atoms with Crippen LogP contribution in [0.1, 0.15) is 37.7 Å². The third-order valence-electron chi connectivity index (χ3n) is 4.08. The predicted octanol–water partition coefficient (Wildman–Crippen LogP) is 4.33. The van der Waals surface area contributed by atoms with Gasteiger partial charge in [0.1, 0.15) is 0 Å². The van der Waals surface area contributed by atoms with Gasteiger partial charge in [-0.05, 0) is 31.0 Å². The van der Waals surface area contributed by atoms with Crippen LogP contribution >= 0.6 is 11.6 Å². The summed E-state index contributed by atoms with van der Waals surface area (Å²) in [5.41, 5.74) is -2.26. The molecule has 1 aromatic carbocycles. The highest BCUT2D eigenvalue weighted by Crippen LogP contribution is 2.42. The van der Waals surface area contributed by atoms with E-state index in [0.717, 1.165) is 18.2 Å². The molecule has 0 spiro atoms. The number of carbonyl (C=O) groups excluding carboxylic acids is 1. The van der Waals surface area contributed by atoms with E-state index in [0.29, 0.717) is 25.7 Å². The molecule has 0 saturated heterocycles. The molecule has 1 amide bonds. The first-order chi connectivity index (χ1) is 10.6. The van der Waals surface area contributed by atoms with Crippen LogP contribution in [0, 0.1) is 5.41 Å². The van der Waals surface area contributed by atoms with Gasteiger partial charge >= 0.3 is 12.1 Å². The molecule has 126 valence electrons. The lowest BCUT2D eigenvalue weighted by Crippen LogP contribution is -2.32. The summed E-state index contributed by atoms with van der Waals surface area (Å²) < 4.78 is 38.1. The maximum Gasteiger partial charge on any atom is 0.416 e. The highest BCUT2D eigenvalue weighted by Gasteiger charge is 2.43. The predicted molar refractivity (Wildman–Crippen MR) is 78.2 cm³/mol. The molecule has 2 rings (SSSR count). The number of hydrogen-bond acceptors (Lipinski definition) is 2. The van der Waals surface area contributed by atoms with Crippen LogP contribution in [0.2, 0.25) is 5.02 Å². The standard InChI is InChI=1S/C15H15ClF3NO3/c16-10-4-3-9(15(17,18)19)7-11(10)20-12(21)8-14(13(22)23)5-1-2-6-14/h3-4,7H,1-2,5-6,8H2,(H,20,21)(H,22,23). The van der Waals surface area contributed by atoms with Crippen LogP contribution in [0.4, 0.5) is 18.9 Å². The van der Waals surface area contributed by atoms with Gasteiger partial charge < -0.3 is 10.4 Å². The number of benzene rings is 1. The molecule has 2 N–H and O–H groups in total. The fourth-order valence-electron chi connectivity index (χ4n) is 2.82. The number of carboxylic acid groups (broad SMARTS) is 1. The van der Waals surface area contributed by atoms with Crippen molar-refractivity contribution in [2.24, 2.45) is 5.41 Å². The summed E-state index contributed by atoms with van der Waals surface area (Å²) in [7, 11) is 0. The summed E-state index contributed by atoms with van der Waals surface area (Å²) in [5.74, 6) is -1.71. The SMILES string of the molecule is O=C(CC1(C(=O)O)CCCC1)Nc1cc(C(F)(F)F)ccc1Cl. The molecule has 0 aliphatic heterocycles. The second-order valence-electron chi connectivity index (χ2n) is 5.71. The van der Waals surface area contributed by atoms with E-state index >= 15 is 0 Å². The van der Waals surface area contributed by atoms with Crippen LogP contribution in [-0.2, 0) is 15.8 Å². The second kappa shape index (κ2) is 6.39. The zero-order valence-corrected chi connectivity index (χ0v) is 12.8. The van der Waals surface area contributed by atoms with Crippen molar-refractivity contribution in [3.8, 4) is 0 Å². The quantitative estimate of drug-likeness (QED) is 0.850. The lowest BCUT2D eigenvalue weighted by atomic mass is 9.82. The monoisotopic (exact) mass is 349 g/mol. The first-order valence-corrected chi connectivity index (χ1v) is 7.42. The minimum Gasteiger partial charge on any atom is -0.481 e. The molecule has 1 fully saturated rings. The van der Waals surface area contributed by atoms with Gasteiger partial charge in [0, 0.05) is 6.42 Å². The average Bonchev–Trinajstić information content (AvgIpc) is 2.89. The number of halogens is 4. The van der Waals surface area contributed by atoms with Gasteiger partial charge in [-0.3, -0.25) is 9.59 Å². The molecule has 8 heteroatoms. The highest BCUT2D eigenvalue weighted by atomic mass is 35.5. The maximum absolute atomic E-state index is 12.7. The Labute approximate surface area is 135 Å². The number of aliphatic carboxylic acids is 1. The molecule has 0 radical (unpaired) electrons. The summed E-state index contributed by atoms with van der Waals surface area (Å²) in [6.45, 7) is 0. The molecule has 1 aromatic rings. The molecule has 0 unspecified atom stereocenters. The molecule has 23 heavy (non-hydrogen) atoms. The first kappa shape index (κ1) is 17.6. The van der Waals surface area contributed by atoms with Crippen molar-refractivity contribution < 1.29 is 27.9 Å². The van der Waals surface area contributed by atoms with E-state index in [1.165, 1.54) is 0 Å². The number of carbonyl (C=O) groups is 2. The van der Waals surface area contributed by atoms with Crippen molar-refractivity contribution in [3.05, 3.63) is 28.8 Å². The van der Waals surface area contributed by atoms with E-state index in [2.05, 4.69) is 5.32 Å². The van der Waals surface area contributed by atoms with Crippen LogP contribution in [0.15, 0.2) is 18.2 Å². The minimum atomic E-state index is -4.56. The topological polar surface area (TPSA) is 66.4 Å². The highest BCUT2D eigenvalue weighted by molar-refractivity contribution is 6.33. The number of amides is 1. The van der Waals surface area contributed by atoms with Gasteiger partial charge in [0.05, 0.1) is 21.7 Å². The normalized spacial score (nSPS) is 17.0. The lowest BCUT2D eigenvalue weighted by Gasteiger charge is -2.23. The summed E-state index contributed by atoms with van der Waals surface area (Å²) in [6, 6.07) is 2.60. The van der Waals surface area contributed by atoms with Crippen LogP contribution in [-0.4, -0.2) is 17.0 Å². The number of hydrogen-bond donors (Lipinski definition) is 2. The molecule has 0 aromatic heterocycles. The fraction of sp³-hybridized carbons (Fsp3) is 0.467. The van der Waals surface area contributed by atoms with Gasteiger partial charge in [0.2, 0.25) is 5.91 Å². The van der Waals surface area contributed by atoms with Gasteiger partial charge in [0.15, 0.2) is 0 Å². The molecular formula is C15H15ClF3NO3. The molecular weight excluding hydrogens is 335 g/mol. The Bertz CT molecular complexity index is 625. The Balaban J connectivity index is 2.15. The van der Waals surface area contributed by atoms with E-state index in [9.17, 15) is 27.9 Å². The van der Waals surface area contributed by atoms with E-state index < -0.39 is 29.0 Å². The van der Waals surface area contributed by atoms with Gasteiger partial charge in [-0.15, -0.1) is 0 Å². The average molecular weight is 350 g/mol. The molecule has 0 atom stereocenters. The van der Waals surface area contributed by atoms with Gasteiger partial charge in [0.25, 0.3) is 0 Å². The van der Waals surface area contributed by atoms with Crippen LogP contribution < -0.4 is 5.32 Å². The van der Waals surface area contributed by atoms with E-state index in [1.54, 1.807) is 0 Å². The van der Waals surface area contributed by atoms with Gasteiger partial charge in [-0.2, -0.15) is 13.2 Å². The molecule has 1 aliphatic rings. The first-order valence-electron chi connectivity index (χ1n) is 7.04. The Morgan fingerprint density at radius 1 is 1.26 bits per heavy atom. The van der Waals surface area contributed by atoms with Crippen molar-refractivity contribution in [1.82, 2.24) is 0 Å². The van der Waals surface area contributed by atoms with Crippen LogP contribution in [0.5, 0.6) is 0 Å². The number of nitrogens with one attached hydrogen (secondary N) is 1. The Morgan fingerprint density at radius 2 is 1.87 bits per heavy atom. The summed E-state index contributed by atoms with van der Waals surface area (Å²) in [4.78, 5) is 23.5. The molecule has 1 aliphatic carbocycles. The van der Waals surface area contributed by atoms with Crippen molar-refractivity contribution >= 4 is 29.2 Å².